The second-order valence-electron chi connectivity index (χ2n) is 6.36. The van der Waals surface area contributed by atoms with Crippen LogP contribution in [0.3, 0.4) is 0 Å². The van der Waals surface area contributed by atoms with Crippen LogP contribution in [0.1, 0.15) is 45.4 Å². The summed E-state index contributed by atoms with van der Waals surface area (Å²) < 4.78 is 26.8. The van der Waals surface area contributed by atoms with Gasteiger partial charge in [0.1, 0.15) is 10.7 Å². The fourth-order valence-electron chi connectivity index (χ4n) is 3.39. The van der Waals surface area contributed by atoms with Crippen LogP contribution in [0.25, 0.3) is 0 Å². The van der Waals surface area contributed by atoms with Crippen LogP contribution < -0.4 is 4.90 Å². The molecule has 0 radical (unpaired) electrons. The van der Waals surface area contributed by atoms with Gasteiger partial charge in [0.05, 0.1) is 0 Å². The average Bonchev–Trinajstić information content (AvgIpc) is 2.56. The summed E-state index contributed by atoms with van der Waals surface area (Å²) in [5, 5.41) is 0. The summed E-state index contributed by atoms with van der Waals surface area (Å²) in [4.78, 5) is 7.03. The van der Waals surface area contributed by atoms with Crippen molar-refractivity contribution >= 4 is 15.8 Å². The largest absolute Gasteiger partial charge is 0.354 e. The van der Waals surface area contributed by atoms with Crippen molar-refractivity contribution in [3.05, 3.63) is 18.3 Å². The molecule has 1 atom stereocenters. The number of nitrogens with zero attached hydrogens (tertiary/aromatic N) is 3. The van der Waals surface area contributed by atoms with Crippen molar-refractivity contribution < 1.29 is 8.42 Å². The van der Waals surface area contributed by atoms with Crippen LogP contribution in [0.2, 0.25) is 0 Å². The molecule has 2 aliphatic rings. The van der Waals surface area contributed by atoms with Crippen LogP contribution in [0.5, 0.6) is 0 Å². The highest BCUT2D eigenvalue weighted by Gasteiger charge is 2.27. The number of aromatic nitrogens is 1. The number of rotatable bonds is 3. The maximum atomic E-state index is 12.6. The van der Waals surface area contributed by atoms with E-state index in [-0.39, 0.29) is 0 Å². The molecule has 122 valence electrons. The lowest BCUT2D eigenvalue weighted by Crippen LogP contribution is -2.38. The maximum absolute atomic E-state index is 12.6. The monoisotopic (exact) mass is 323 g/mol. The summed E-state index contributed by atoms with van der Waals surface area (Å²) in [5.41, 5.74) is 0. The molecule has 22 heavy (non-hydrogen) atoms. The average molecular weight is 323 g/mol. The predicted octanol–water partition coefficient (Wildman–Crippen LogP) is 2.64. The van der Waals surface area contributed by atoms with E-state index in [0.29, 0.717) is 24.0 Å². The Labute approximate surface area is 133 Å². The summed E-state index contributed by atoms with van der Waals surface area (Å²) in [6.07, 6.45) is 8.18. The first-order valence-corrected chi connectivity index (χ1v) is 9.76. The molecule has 0 spiro atoms. The Bertz CT molecular complexity index is 594. The van der Waals surface area contributed by atoms with Crippen LogP contribution in [-0.2, 0) is 10.0 Å². The molecule has 0 bridgehead atoms. The molecule has 1 aromatic heterocycles. The minimum Gasteiger partial charge on any atom is -0.354 e. The number of sulfonamides is 1. The molecule has 0 saturated carbocycles. The number of hydrogen-bond acceptors (Lipinski definition) is 4. The fourth-order valence-corrected chi connectivity index (χ4v) is 4.85. The quantitative estimate of drug-likeness (QED) is 0.858. The molecular weight excluding hydrogens is 298 g/mol. The van der Waals surface area contributed by atoms with Crippen LogP contribution in [0, 0.1) is 0 Å². The summed E-state index contributed by atoms with van der Waals surface area (Å²) in [5.74, 6) is 0.893. The molecule has 0 aromatic carbocycles. The highest BCUT2D eigenvalue weighted by atomic mass is 32.2. The van der Waals surface area contributed by atoms with Crippen LogP contribution in [-0.4, -0.2) is 43.4 Å². The Morgan fingerprint density at radius 2 is 1.77 bits per heavy atom. The van der Waals surface area contributed by atoms with Gasteiger partial charge in [-0.05, 0) is 51.2 Å². The zero-order chi connectivity index (χ0) is 15.6. The van der Waals surface area contributed by atoms with E-state index in [9.17, 15) is 8.42 Å². The molecule has 2 fully saturated rings. The summed E-state index contributed by atoms with van der Waals surface area (Å²) in [6, 6.07) is 4.05. The van der Waals surface area contributed by atoms with Crippen LogP contribution in [0.4, 0.5) is 5.82 Å². The third kappa shape index (κ3) is 3.13. The summed E-state index contributed by atoms with van der Waals surface area (Å²) in [7, 11) is -3.37. The van der Waals surface area contributed by atoms with Gasteiger partial charge in [-0.3, -0.25) is 0 Å². The van der Waals surface area contributed by atoms with E-state index >= 15 is 0 Å². The van der Waals surface area contributed by atoms with E-state index in [2.05, 4.69) is 16.8 Å². The molecule has 0 N–H and O–H groups in total. The van der Waals surface area contributed by atoms with Gasteiger partial charge >= 0.3 is 0 Å². The van der Waals surface area contributed by atoms with Crippen molar-refractivity contribution in [2.75, 3.05) is 24.5 Å². The first-order chi connectivity index (χ1) is 10.6. The SMILES string of the molecule is C[C@H]1CCCCN1c1ccc(S(=O)(=O)N2CCCCC2)cn1. The molecule has 3 rings (SSSR count). The van der Waals surface area contributed by atoms with Crippen molar-refractivity contribution in [3.8, 4) is 0 Å². The van der Waals surface area contributed by atoms with Gasteiger partial charge in [-0.15, -0.1) is 0 Å². The summed E-state index contributed by atoms with van der Waals surface area (Å²) in [6.45, 7) is 4.48. The molecule has 2 saturated heterocycles. The lowest BCUT2D eigenvalue weighted by molar-refractivity contribution is 0.346. The Balaban J connectivity index is 1.78. The Kier molecular flexibility index (Phi) is 4.68. The predicted molar refractivity (Wildman–Crippen MR) is 87.5 cm³/mol. The van der Waals surface area contributed by atoms with Crippen molar-refractivity contribution in [3.63, 3.8) is 0 Å². The Morgan fingerprint density at radius 1 is 1.05 bits per heavy atom. The second kappa shape index (κ2) is 6.54. The van der Waals surface area contributed by atoms with Gasteiger partial charge in [0.2, 0.25) is 10.0 Å². The van der Waals surface area contributed by atoms with Gasteiger partial charge in [0.25, 0.3) is 0 Å². The first kappa shape index (κ1) is 15.7. The molecule has 0 amide bonds. The molecule has 2 aliphatic heterocycles. The lowest BCUT2D eigenvalue weighted by Gasteiger charge is -2.34. The topological polar surface area (TPSA) is 53.5 Å². The van der Waals surface area contributed by atoms with Gasteiger partial charge in [0, 0.05) is 31.9 Å². The fraction of sp³-hybridized carbons (Fsp3) is 0.688. The molecule has 5 nitrogen and oxygen atoms in total. The highest BCUT2D eigenvalue weighted by molar-refractivity contribution is 7.89. The first-order valence-electron chi connectivity index (χ1n) is 8.32. The van der Waals surface area contributed by atoms with E-state index in [1.807, 2.05) is 6.07 Å². The zero-order valence-electron chi connectivity index (χ0n) is 13.2. The van der Waals surface area contributed by atoms with Gasteiger partial charge in [-0.2, -0.15) is 4.31 Å². The van der Waals surface area contributed by atoms with Crippen LogP contribution >= 0.6 is 0 Å². The Hall–Kier alpha value is -1.14. The van der Waals surface area contributed by atoms with Crippen LogP contribution in [0.15, 0.2) is 23.2 Å². The smallest absolute Gasteiger partial charge is 0.244 e. The van der Waals surface area contributed by atoms with Crippen molar-refractivity contribution in [2.45, 2.75) is 56.4 Å². The normalized spacial score (nSPS) is 24.4. The van der Waals surface area contributed by atoms with Gasteiger partial charge in [-0.25, -0.2) is 13.4 Å². The van der Waals surface area contributed by atoms with Gasteiger partial charge < -0.3 is 4.90 Å². The second-order valence-corrected chi connectivity index (χ2v) is 8.29. The Morgan fingerprint density at radius 3 is 2.41 bits per heavy atom. The standard InChI is InChI=1S/C16H25N3O2S/c1-14-7-3-6-12-19(14)16-9-8-15(13-17-16)22(20,21)18-10-4-2-5-11-18/h8-9,13-14H,2-7,10-12H2,1H3/t14-/m0/s1. The molecule has 3 heterocycles. The highest BCUT2D eigenvalue weighted by Crippen LogP contribution is 2.25. The summed E-state index contributed by atoms with van der Waals surface area (Å²) >= 11 is 0. The maximum Gasteiger partial charge on any atom is 0.244 e. The molecule has 6 heteroatoms. The molecule has 0 aliphatic carbocycles. The molecule has 0 unspecified atom stereocenters. The van der Waals surface area contributed by atoms with Gasteiger partial charge in [0.15, 0.2) is 0 Å². The number of anilines is 1. The third-order valence-corrected chi connectivity index (χ3v) is 6.65. The zero-order valence-corrected chi connectivity index (χ0v) is 14.1. The number of piperidine rings is 2. The van der Waals surface area contributed by atoms with Crippen molar-refractivity contribution in [1.29, 1.82) is 0 Å². The number of pyridine rings is 1. The van der Waals surface area contributed by atoms with Crippen molar-refractivity contribution in [1.82, 2.24) is 9.29 Å². The lowest BCUT2D eigenvalue weighted by atomic mass is 10.0. The van der Waals surface area contributed by atoms with E-state index in [4.69, 9.17) is 0 Å². The van der Waals surface area contributed by atoms with Gasteiger partial charge in [-0.1, -0.05) is 6.42 Å². The minimum atomic E-state index is -3.37. The van der Waals surface area contributed by atoms with E-state index in [0.717, 1.165) is 31.6 Å². The number of hydrogen-bond donors (Lipinski definition) is 0. The van der Waals surface area contributed by atoms with E-state index < -0.39 is 10.0 Å². The minimum absolute atomic E-state index is 0.322. The molecule has 1 aromatic rings. The van der Waals surface area contributed by atoms with Crippen molar-refractivity contribution in [2.24, 2.45) is 0 Å². The molecular formula is C16H25N3O2S. The van der Waals surface area contributed by atoms with E-state index in [1.54, 1.807) is 10.4 Å². The van der Waals surface area contributed by atoms with E-state index in [1.165, 1.54) is 25.5 Å². The third-order valence-electron chi connectivity index (χ3n) is 4.77.